The van der Waals surface area contributed by atoms with Gasteiger partial charge in [-0.25, -0.2) is 9.97 Å². The molecule has 1 saturated heterocycles. The van der Waals surface area contributed by atoms with Gasteiger partial charge in [0.25, 0.3) is 5.56 Å². The van der Waals surface area contributed by atoms with Gasteiger partial charge in [-0.15, -0.1) is 0 Å². The molecule has 3 heterocycles. The fourth-order valence-corrected chi connectivity index (χ4v) is 2.73. The van der Waals surface area contributed by atoms with Crippen LogP contribution in [-0.2, 0) is 4.74 Å². The number of nitrogens with zero attached hydrogens (tertiary/aromatic N) is 3. The van der Waals surface area contributed by atoms with Gasteiger partial charge < -0.3 is 31.5 Å². The molecule has 1 fully saturated rings. The second-order valence-corrected chi connectivity index (χ2v) is 5.32. The molecule has 2 aromatic heterocycles. The number of fused-ring (bicyclic) bond motifs is 1. The van der Waals surface area contributed by atoms with Gasteiger partial charge in [-0.05, 0) is 0 Å². The third kappa shape index (κ3) is 2.30. The van der Waals surface area contributed by atoms with Crippen LogP contribution in [0.5, 0.6) is 0 Å². The van der Waals surface area contributed by atoms with Gasteiger partial charge >= 0.3 is 0 Å². The molecule has 11 nitrogen and oxygen atoms in total. The minimum absolute atomic E-state index is 0.0299. The first-order valence-corrected chi connectivity index (χ1v) is 6.94. The van der Waals surface area contributed by atoms with E-state index in [9.17, 15) is 24.9 Å². The Kier molecular flexibility index (Phi) is 3.93. The van der Waals surface area contributed by atoms with Crippen LogP contribution in [0.15, 0.2) is 17.2 Å². The third-order valence-corrected chi connectivity index (χ3v) is 3.90. The number of nitrogen functional groups attached to an aromatic ring is 1. The fourth-order valence-electron chi connectivity index (χ4n) is 2.73. The summed E-state index contributed by atoms with van der Waals surface area (Å²) in [6, 6.07) is 0.930. The quantitative estimate of drug-likeness (QED) is 0.391. The number of rotatable bonds is 3. The molecule has 0 aromatic carbocycles. The Morgan fingerprint density at radius 3 is 2.62 bits per heavy atom. The molecule has 128 valence electrons. The van der Waals surface area contributed by atoms with Crippen LogP contribution in [0.4, 0.5) is 5.82 Å². The highest BCUT2D eigenvalue weighted by atomic mass is 16.6. The molecule has 1 aliphatic rings. The number of hydrogen-bond donors (Lipinski definition) is 5. The zero-order chi connectivity index (χ0) is 17.6. The molecule has 4 atom stereocenters. The summed E-state index contributed by atoms with van der Waals surface area (Å²) < 4.78 is 6.28. The molecular weight excluding hydrogens is 322 g/mol. The number of aromatic nitrogens is 3. The summed E-state index contributed by atoms with van der Waals surface area (Å²) in [5, 5.41) is 29.2. The molecule has 1 aliphatic heterocycles. The number of carbonyl (C=O) groups excluding carboxylic acids is 1. The standard InChI is InChI=1S/C13H15N5O6/c14-10-7-4(11(15)23)1-6(20)18(12(7)17-3-16-10)13-9(22)8(21)5(2-19)24-13/h1,3,5,8-9,13,19,21-22H,2H2,(H2,15,23)(H2,14,16,17). The largest absolute Gasteiger partial charge is 0.394 e. The van der Waals surface area contributed by atoms with E-state index in [1.807, 2.05) is 0 Å². The first-order chi connectivity index (χ1) is 11.4. The van der Waals surface area contributed by atoms with Crippen molar-refractivity contribution in [2.45, 2.75) is 24.5 Å². The Morgan fingerprint density at radius 1 is 1.33 bits per heavy atom. The van der Waals surface area contributed by atoms with Crippen molar-refractivity contribution in [2.75, 3.05) is 12.3 Å². The van der Waals surface area contributed by atoms with E-state index in [-0.39, 0.29) is 22.4 Å². The van der Waals surface area contributed by atoms with Crippen molar-refractivity contribution in [1.29, 1.82) is 0 Å². The van der Waals surface area contributed by atoms with Gasteiger partial charge in [0.2, 0.25) is 5.91 Å². The van der Waals surface area contributed by atoms with Crippen molar-refractivity contribution >= 4 is 22.8 Å². The molecule has 0 saturated carbocycles. The predicted molar refractivity (Wildman–Crippen MR) is 79.7 cm³/mol. The third-order valence-electron chi connectivity index (χ3n) is 3.90. The Hall–Kier alpha value is -2.60. The van der Waals surface area contributed by atoms with E-state index in [4.69, 9.17) is 16.2 Å². The smallest absolute Gasteiger partial charge is 0.255 e. The lowest BCUT2D eigenvalue weighted by Gasteiger charge is -2.20. The van der Waals surface area contributed by atoms with E-state index < -0.39 is 42.6 Å². The second-order valence-electron chi connectivity index (χ2n) is 5.32. The average Bonchev–Trinajstić information content (AvgIpc) is 2.82. The van der Waals surface area contributed by atoms with Crippen molar-refractivity contribution in [1.82, 2.24) is 14.5 Å². The van der Waals surface area contributed by atoms with E-state index in [0.717, 1.165) is 17.0 Å². The predicted octanol–water partition coefficient (Wildman–Crippen LogP) is -2.92. The van der Waals surface area contributed by atoms with Crippen LogP contribution in [0.3, 0.4) is 0 Å². The highest BCUT2D eigenvalue weighted by Crippen LogP contribution is 2.31. The number of aliphatic hydroxyl groups is 3. The van der Waals surface area contributed by atoms with Gasteiger partial charge in [-0.3, -0.25) is 14.2 Å². The summed E-state index contributed by atoms with van der Waals surface area (Å²) in [5.41, 5.74) is 10.0. The topological polar surface area (TPSA) is 187 Å². The molecule has 3 rings (SSSR count). The van der Waals surface area contributed by atoms with Crippen molar-refractivity contribution in [3.8, 4) is 0 Å². The van der Waals surface area contributed by atoms with Crippen LogP contribution in [0, 0.1) is 0 Å². The van der Waals surface area contributed by atoms with Crippen LogP contribution in [0.1, 0.15) is 16.6 Å². The number of amides is 1. The Labute approximate surface area is 134 Å². The zero-order valence-electron chi connectivity index (χ0n) is 12.2. The summed E-state index contributed by atoms with van der Waals surface area (Å²) in [6.07, 6.45) is -4.25. The molecule has 4 unspecified atom stereocenters. The van der Waals surface area contributed by atoms with E-state index in [1.54, 1.807) is 0 Å². The summed E-state index contributed by atoms with van der Waals surface area (Å²) >= 11 is 0. The lowest BCUT2D eigenvalue weighted by molar-refractivity contribution is -0.0524. The molecular formula is C13H15N5O6. The van der Waals surface area contributed by atoms with Gasteiger partial charge in [0.05, 0.1) is 17.6 Å². The molecule has 1 amide bonds. The zero-order valence-corrected chi connectivity index (χ0v) is 12.2. The summed E-state index contributed by atoms with van der Waals surface area (Å²) in [5.74, 6) is -0.985. The number of pyridine rings is 1. The van der Waals surface area contributed by atoms with Crippen LogP contribution in [0.2, 0.25) is 0 Å². The minimum atomic E-state index is -1.50. The van der Waals surface area contributed by atoms with E-state index >= 15 is 0 Å². The number of nitrogens with two attached hydrogens (primary N) is 2. The highest BCUT2D eigenvalue weighted by molar-refractivity contribution is 6.07. The van der Waals surface area contributed by atoms with Crippen molar-refractivity contribution in [3.63, 3.8) is 0 Å². The monoisotopic (exact) mass is 337 g/mol. The van der Waals surface area contributed by atoms with Crippen LogP contribution >= 0.6 is 0 Å². The van der Waals surface area contributed by atoms with E-state index in [1.165, 1.54) is 0 Å². The van der Waals surface area contributed by atoms with Gasteiger partial charge in [0.15, 0.2) is 11.9 Å². The maximum Gasteiger partial charge on any atom is 0.255 e. The average molecular weight is 337 g/mol. The first-order valence-electron chi connectivity index (χ1n) is 6.94. The maximum atomic E-state index is 12.4. The summed E-state index contributed by atoms with van der Waals surface area (Å²) in [6.45, 7) is -0.558. The van der Waals surface area contributed by atoms with Gasteiger partial charge in [-0.2, -0.15) is 0 Å². The van der Waals surface area contributed by atoms with Gasteiger partial charge in [0.1, 0.15) is 30.5 Å². The summed E-state index contributed by atoms with van der Waals surface area (Å²) in [4.78, 5) is 31.7. The van der Waals surface area contributed by atoms with E-state index in [0.29, 0.717) is 0 Å². The Morgan fingerprint density at radius 2 is 2.04 bits per heavy atom. The number of anilines is 1. The highest BCUT2D eigenvalue weighted by Gasteiger charge is 2.44. The second kappa shape index (κ2) is 5.79. The van der Waals surface area contributed by atoms with Gasteiger partial charge in [0, 0.05) is 6.07 Å². The number of ether oxygens (including phenoxy) is 1. The number of hydrogen-bond acceptors (Lipinski definition) is 9. The normalized spacial score (nSPS) is 26.8. The Bertz CT molecular complexity index is 868. The first kappa shape index (κ1) is 16.3. The van der Waals surface area contributed by atoms with Crippen LogP contribution in [-0.4, -0.2) is 60.7 Å². The SMILES string of the molecule is NC(=O)c1cc(=O)n(C2OC(CO)C(O)C2O)c2ncnc(N)c12. The molecule has 11 heteroatoms. The molecule has 2 aromatic rings. The van der Waals surface area contributed by atoms with Crippen molar-refractivity contribution < 1.29 is 24.9 Å². The van der Waals surface area contributed by atoms with Gasteiger partial charge in [-0.1, -0.05) is 0 Å². The molecule has 0 bridgehead atoms. The molecule has 7 N–H and O–H groups in total. The molecule has 0 aliphatic carbocycles. The Balaban J connectivity index is 2.29. The molecule has 0 spiro atoms. The van der Waals surface area contributed by atoms with E-state index in [2.05, 4.69) is 9.97 Å². The molecule has 24 heavy (non-hydrogen) atoms. The lowest BCUT2D eigenvalue weighted by atomic mass is 10.1. The number of carbonyl (C=O) groups is 1. The number of aliphatic hydroxyl groups excluding tert-OH is 3. The van der Waals surface area contributed by atoms with Crippen molar-refractivity contribution in [2.24, 2.45) is 5.73 Å². The lowest BCUT2D eigenvalue weighted by Crippen LogP contribution is -2.36. The minimum Gasteiger partial charge on any atom is -0.394 e. The van der Waals surface area contributed by atoms with Crippen LogP contribution < -0.4 is 17.0 Å². The van der Waals surface area contributed by atoms with Crippen LogP contribution in [0.25, 0.3) is 11.0 Å². The van der Waals surface area contributed by atoms with Crippen molar-refractivity contribution in [3.05, 3.63) is 28.3 Å². The summed E-state index contributed by atoms with van der Waals surface area (Å²) in [7, 11) is 0. The number of primary amides is 1. The fraction of sp³-hybridized carbons (Fsp3) is 0.385. The molecule has 0 radical (unpaired) electrons. The maximum absolute atomic E-state index is 12.4.